The monoisotopic (exact) mass is 216 g/mol. The fraction of sp³-hybridized carbons (Fsp3) is 0.889. The summed E-state index contributed by atoms with van der Waals surface area (Å²) in [5, 5.41) is 8.38. The molecule has 80 valence electrons. The first kappa shape index (κ1) is 11.5. The first-order chi connectivity index (χ1) is 6.37. The van der Waals surface area contributed by atoms with Crippen molar-refractivity contribution in [1.82, 2.24) is 4.31 Å². The number of rotatable bonds is 2. The molecule has 0 aliphatic carbocycles. The first-order valence-electron chi connectivity index (χ1n) is 4.72. The Hall–Kier alpha value is -0.600. The average molecular weight is 216 g/mol. The van der Waals surface area contributed by atoms with Crippen LogP contribution in [0.5, 0.6) is 0 Å². The third kappa shape index (κ3) is 2.69. The van der Waals surface area contributed by atoms with Gasteiger partial charge in [0.05, 0.1) is 6.07 Å². The van der Waals surface area contributed by atoms with Crippen LogP contribution in [0.15, 0.2) is 0 Å². The second-order valence-corrected chi connectivity index (χ2v) is 6.45. The van der Waals surface area contributed by atoms with Crippen molar-refractivity contribution >= 4 is 10.0 Å². The van der Waals surface area contributed by atoms with E-state index in [1.165, 1.54) is 4.31 Å². The molecule has 0 spiro atoms. The summed E-state index contributed by atoms with van der Waals surface area (Å²) in [6.45, 7) is 5.39. The Labute approximate surface area is 85.6 Å². The van der Waals surface area contributed by atoms with Gasteiger partial charge >= 0.3 is 0 Å². The normalized spacial score (nSPS) is 22.9. The standard InChI is InChI=1S/C9H16N2O2S/c1-9(2)3-6-11(7-4-9)14(12,13)8-5-10/h3-4,6-8H2,1-2H3. The van der Waals surface area contributed by atoms with E-state index in [1.807, 2.05) is 0 Å². The number of hydrogen-bond donors (Lipinski definition) is 0. The SMILES string of the molecule is CC1(C)CCN(S(=O)(=O)CC#N)CC1. The summed E-state index contributed by atoms with van der Waals surface area (Å²) >= 11 is 0. The van der Waals surface area contributed by atoms with Gasteiger partial charge in [-0.05, 0) is 18.3 Å². The summed E-state index contributed by atoms with van der Waals surface area (Å²) < 4.78 is 24.4. The fourth-order valence-corrected chi connectivity index (χ4v) is 2.63. The Balaban J connectivity index is 2.63. The topological polar surface area (TPSA) is 61.2 Å². The molecule has 0 bridgehead atoms. The molecule has 1 aliphatic rings. The quantitative estimate of drug-likeness (QED) is 0.690. The lowest BCUT2D eigenvalue weighted by Gasteiger charge is -2.35. The van der Waals surface area contributed by atoms with E-state index in [1.54, 1.807) is 6.07 Å². The predicted octanol–water partition coefficient (Wildman–Crippen LogP) is 0.962. The van der Waals surface area contributed by atoms with Crippen LogP contribution < -0.4 is 0 Å². The Morgan fingerprint density at radius 1 is 1.36 bits per heavy atom. The van der Waals surface area contributed by atoms with Gasteiger partial charge in [-0.3, -0.25) is 0 Å². The smallest absolute Gasteiger partial charge is 0.211 e. The molecule has 0 aromatic heterocycles. The van der Waals surface area contributed by atoms with Crippen molar-refractivity contribution in [3.63, 3.8) is 0 Å². The van der Waals surface area contributed by atoms with E-state index in [0.29, 0.717) is 13.1 Å². The number of nitrogens with zero attached hydrogens (tertiary/aromatic N) is 2. The summed E-state index contributed by atoms with van der Waals surface area (Å²) in [7, 11) is -3.31. The van der Waals surface area contributed by atoms with Gasteiger partial charge in [-0.1, -0.05) is 13.8 Å². The van der Waals surface area contributed by atoms with Gasteiger partial charge in [-0.25, -0.2) is 12.7 Å². The van der Waals surface area contributed by atoms with E-state index in [0.717, 1.165) is 12.8 Å². The molecule has 0 atom stereocenters. The molecule has 1 saturated heterocycles. The van der Waals surface area contributed by atoms with Crippen LogP contribution >= 0.6 is 0 Å². The molecule has 0 aromatic carbocycles. The van der Waals surface area contributed by atoms with Gasteiger partial charge < -0.3 is 0 Å². The lowest BCUT2D eigenvalue weighted by atomic mass is 9.83. The van der Waals surface area contributed by atoms with Crippen LogP contribution in [0.4, 0.5) is 0 Å². The highest BCUT2D eigenvalue weighted by Crippen LogP contribution is 2.30. The molecule has 0 amide bonds. The molecule has 0 aromatic rings. The largest absolute Gasteiger partial charge is 0.227 e. The van der Waals surface area contributed by atoms with E-state index in [4.69, 9.17) is 5.26 Å². The van der Waals surface area contributed by atoms with Crippen LogP contribution in [-0.4, -0.2) is 31.6 Å². The maximum absolute atomic E-state index is 11.5. The predicted molar refractivity (Wildman–Crippen MR) is 54.0 cm³/mol. The Bertz CT molecular complexity index is 330. The average Bonchev–Trinajstić information content (AvgIpc) is 2.03. The summed E-state index contributed by atoms with van der Waals surface area (Å²) in [6.07, 6.45) is 1.75. The minimum Gasteiger partial charge on any atom is -0.211 e. The second kappa shape index (κ2) is 3.87. The number of sulfonamides is 1. The van der Waals surface area contributed by atoms with E-state index < -0.39 is 15.8 Å². The molecule has 1 aliphatic heterocycles. The van der Waals surface area contributed by atoms with Gasteiger partial charge in [0.2, 0.25) is 10.0 Å². The summed E-state index contributed by atoms with van der Waals surface area (Å²) in [5.41, 5.74) is 0.235. The summed E-state index contributed by atoms with van der Waals surface area (Å²) in [5.74, 6) is -0.395. The van der Waals surface area contributed by atoms with Gasteiger partial charge in [0.15, 0.2) is 5.75 Å². The lowest BCUT2D eigenvalue weighted by molar-refractivity contribution is 0.196. The highest BCUT2D eigenvalue weighted by Gasteiger charge is 2.31. The molecule has 14 heavy (non-hydrogen) atoms. The van der Waals surface area contributed by atoms with Crippen molar-refractivity contribution in [2.75, 3.05) is 18.8 Å². The third-order valence-electron chi connectivity index (χ3n) is 2.72. The number of nitriles is 1. The van der Waals surface area contributed by atoms with Crippen molar-refractivity contribution in [2.45, 2.75) is 26.7 Å². The van der Waals surface area contributed by atoms with Gasteiger partial charge in [-0.15, -0.1) is 0 Å². The Morgan fingerprint density at radius 2 is 1.86 bits per heavy atom. The molecular weight excluding hydrogens is 200 g/mol. The Kier molecular flexibility index (Phi) is 3.17. The van der Waals surface area contributed by atoms with Crippen LogP contribution in [0, 0.1) is 16.7 Å². The van der Waals surface area contributed by atoms with Crippen LogP contribution in [0.1, 0.15) is 26.7 Å². The van der Waals surface area contributed by atoms with Crippen molar-refractivity contribution in [3.05, 3.63) is 0 Å². The third-order valence-corrected chi connectivity index (χ3v) is 4.36. The van der Waals surface area contributed by atoms with Gasteiger partial charge in [-0.2, -0.15) is 5.26 Å². The lowest BCUT2D eigenvalue weighted by Crippen LogP contribution is -2.41. The zero-order chi connectivity index (χ0) is 10.8. The second-order valence-electron chi connectivity index (χ2n) is 4.48. The van der Waals surface area contributed by atoms with Crippen LogP contribution in [0.2, 0.25) is 0 Å². The maximum atomic E-state index is 11.5. The van der Waals surface area contributed by atoms with Crippen molar-refractivity contribution in [1.29, 1.82) is 5.26 Å². The minimum atomic E-state index is -3.31. The zero-order valence-electron chi connectivity index (χ0n) is 8.65. The number of piperidine rings is 1. The summed E-state index contributed by atoms with van der Waals surface area (Å²) in [4.78, 5) is 0. The van der Waals surface area contributed by atoms with E-state index >= 15 is 0 Å². The van der Waals surface area contributed by atoms with Gasteiger partial charge in [0.25, 0.3) is 0 Å². The van der Waals surface area contributed by atoms with Crippen molar-refractivity contribution in [2.24, 2.45) is 5.41 Å². The molecule has 0 radical (unpaired) electrons. The van der Waals surface area contributed by atoms with E-state index in [-0.39, 0.29) is 5.41 Å². The zero-order valence-corrected chi connectivity index (χ0v) is 9.47. The highest BCUT2D eigenvalue weighted by molar-refractivity contribution is 7.89. The van der Waals surface area contributed by atoms with Crippen LogP contribution in [0.3, 0.4) is 0 Å². The van der Waals surface area contributed by atoms with Crippen molar-refractivity contribution in [3.8, 4) is 6.07 Å². The molecular formula is C9H16N2O2S. The molecule has 5 heteroatoms. The molecule has 0 saturated carbocycles. The van der Waals surface area contributed by atoms with E-state index in [9.17, 15) is 8.42 Å². The molecule has 0 unspecified atom stereocenters. The van der Waals surface area contributed by atoms with Crippen molar-refractivity contribution < 1.29 is 8.42 Å². The van der Waals surface area contributed by atoms with Crippen LogP contribution in [0.25, 0.3) is 0 Å². The molecule has 1 heterocycles. The molecule has 0 N–H and O–H groups in total. The first-order valence-corrected chi connectivity index (χ1v) is 6.33. The van der Waals surface area contributed by atoms with Crippen LogP contribution in [-0.2, 0) is 10.0 Å². The highest BCUT2D eigenvalue weighted by atomic mass is 32.2. The Morgan fingerprint density at radius 3 is 2.29 bits per heavy atom. The summed E-state index contributed by atoms with van der Waals surface area (Å²) in [6, 6.07) is 1.70. The van der Waals surface area contributed by atoms with E-state index in [2.05, 4.69) is 13.8 Å². The van der Waals surface area contributed by atoms with Gasteiger partial charge in [0.1, 0.15) is 0 Å². The fourth-order valence-electron chi connectivity index (χ4n) is 1.54. The minimum absolute atomic E-state index is 0.235. The molecule has 4 nitrogen and oxygen atoms in total. The molecule has 1 fully saturated rings. The maximum Gasteiger partial charge on any atom is 0.227 e. The molecule has 1 rings (SSSR count). The van der Waals surface area contributed by atoms with Gasteiger partial charge in [0, 0.05) is 13.1 Å². The number of hydrogen-bond acceptors (Lipinski definition) is 3.